The van der Waals surface area contributed by atoms with E-state index in [2.05, 4.69) is 28.1 Å². The third-order valence-electron chi connectivity index (χ3n) is 4.88. The van der Waals surface area contributed by atoms with Gasteiger partial charge in [-0.2, -0.15) is 0 Å². The summed E-state index contributed by atoms with van der Waals surface area (Å²) in [5.74, 6) is -0.602. The van der Waals surface area contributed by atoms with Gasteiger partial charge in [0.05, 0.1) is 27.6 Å². The Bertz CT molecular complexity index is 410. The molecule has 6 heteroatoms. The van der Waals surface area contributed by atoms with E-state index < -0.39 is 0 Å². The maximum absolute atomic E-state index is 12.0. The lowest BCUT2D eigenvalue weighted by Gasteiger charge is -2.23. The molecule has 0 saturated heterocycles. The number of hydrogen-bond acceptors (Lipinski definition) is 4. The van der Waals surface area contributed by atoms with Gasteiger partial charge in [0.25, 0.3) is 0 Å². The van der Waals surface area contributed by atoms with Crippen molar-refractivity contribution in [3.05, 3.63) is 0 Å². The number of esters is 2. The van der Waals surface area contributed by atoms with Gasteiger partial charge in [0.1, 0.15) is 19.3 Å². The Labute approximate surface area is 185 Å². The summed E-state index contributed by atoms with van der Waals surface area (Å²) in [5.41, 5.74) is 0. The Morgan fingerprint density at radius 2 is 1.31 bits per heavy atom. The fourth-order valence-electron chi connectivity index (χ4n) is 3.15. The molecular formula is C23H46ClNO4. The van der Waals surface area contributed by atoms with Crippen molar-refractivity contribution in [2.24, 2.45) is 0 Å². The number of quaternary nitrogens is 1. The zero-order chi connectivity index (χ0) is 21.3. The molecule has 0 aromatic rings. The minimum Gasteiger partial charge on any atom is -1.00 e. The lowest BCUT2D eigenvalue weighted by atomic mass is 10.0. The normalized spacial score (nSPS) is 12.2. The Balaban J connectivity index is 0. The molecule has 0 aromatic carbocycles. The number of carbonyl (C=O) groups is 2. The minimum atomic E-state index is -0.354. The van der Waals surface area contributed by atoms with Crippen LogP contribution in [0.5, 0.6) is 0 Å². The molecule has 0 aromatic heterocycles. The third kappa shape index (κ3) is 23.3. The second-order valence-electron chi connectivity index (χ2n) is 8.99. The largest absolute Gasteiger partial charge is 1.00 e. The van der Waals surface area contributed by atoms with Crippen LogP contribution in [0, 0.1) is 0 Å². The molecule has 0 radical (unpaired) electrons. The van der Waals surface area contributed by atoms with Crippen molar-refractivity contribution >= 4 is 11.9 Å². The summed E-state index contributed by atoms with van der Waals surface area (Å²) in [5, 5.41) is 0. The third-order valence-corrected chi connectivity index (χ3v) is 4.88. The molecule has 174 valence electrons. The van der Waals surface area contributed by atoms with E-state index in [9.17, 15) is 9.59 Å². The number of halogens is 1. The van der Waals surface area contributed by atoms with E-state index in [1.807, 2.05) is 0 Å². The van der Waals surface area contributed by atoms with Gasteiger partial charge in [-0.1, -0.05) is 71.1 Å². The molecule has 1 atom stereocenters. The van der Waals surface area contributed by atoms with Gasteiger partial charge in [0.15, 0.2) is 0 Å². The van der Waals surface area contributed by atoms with Crippen LogP contribution in [0.3, 0.4) is 0 Å². The average molecular weight is 436 g/mol. The first kappa shape index (κ1) is 30.4. The topological polar surface area (TPSA) is 52.6 Å². The van der Waals surface area contributed by atoms with Crippen molar-refractivity contribution < 1.29 is 36.0 Å². The first-order valence-electron chi connectivity index (χ1n) is 11.4. The molecule has 0 aliphatic carbocycles. The summed E-state index contributed by atoms with van der Waals surface area (Å²) < 4.78 is 11.4. The van der Waals surface area contributed by atoms with Crippen LogP contribution in [0.1, 0.15) is 97.3 Å². The van der Waals surface area contributed by atoms with E-state index in [1.165, 1.54) is 64.7 Å². The first-order chi connectivity index (χ1) is 13.2. The molecule has 0 N–H and O–H groups in total. The average Bonchev–Trinajstić information content (AvgIpc) is 2.57. The Kier molecular flexibility index (Phi) is 20.1. The second kappa shape index (κ2) is 19.2. The summed E-state index contributed by atoms with van der Waals surface area (Å²) in [7, 11) is 6.17. The van der Waals surface area contributed by atoms with Crippen molar-refractivity contribution in [3.8, 4) is 0 Å². The Hall–Kier alpha value is -0.810. The van der Waals surface area contributed by atoms with E-state index in [0.29, 0.717) is 6.61 Å². The van der Waals surface area contributed by atoms with Crippen LogP contribution in [0.4, 0.5) is 0 Å². The summed E-state index contributed by atoms with van der Waals surface area (Å²) in [6, 6.07) is 0. The maximum atomic E-state index is 12.0. The lowest BCUT2D eigenvalue weighted by molar-refractivity contribution is -0.870. The van der Waals surface area contributed by atoms with Crippen LogP contribution < -0.4 is 12.4 Å². The molecule has 0 fully saturated rings. The fraction of sp³-hybridized carbons (Fsp3) is 0.913. The quantitative estimate of drug-likeness (QED) is 0.188. The van der Waals surface area contributed by atoms with Gasteiger partial charge in [-0.3, -0.25) is 9.59 Å². The van der Waals surface area contributed by atoms with Gasteiger partial charge in [-0.05, 0) is 12.8 Å². The number of ether oxygens (including phenoxy) is 2. The van der Waals surface area contributed by atoms with Gasteiger partial charge in [-0.25, -0.2) is 0 Å². The van der Waals surface area contributed by atoms with Crippen molar-refractivity contribution in [1.29, 1.82) is 0 Å². The molecule has 29 heavy (non-hydrogen) atoms. The minimum absolute atomic E-state index is 0. The van der Waals surface area contributed by atoms with Gasteiger partial charge in [0, 0.05) is 6.92 Å². The van der Waals surface area contributed by atoms with Crippen molar-refractivity contribution in [3.63, 3.8) is 0 Å². The van der Waals surface area contributed by atoms with E-state index in [4.69, 9.17) is 9.47 Å². The molecule has 0 aliphatic heterocycles. The van der Waals surface area contributed by atoms with Crippen molar-refractivity contribution in [2.45, 2.75) is 103 Å². The molecular weight excluding hydrogens is 390 g/mol. The zero-order valence-corrected chi connectivity index (χ0v) is 20.4. The highest BCUT2D eigenvalue weighted by Crippen LogP contribution is 2.15. The van der Waals surface area contributed by atoms with Gasteiger partial charge in [-0.15, -0.1) is 0 Å². The molecule has 0 heterocycles. The molecule has 0 amide bonds. The molecule has 0 saturated carbocycles. The molecule has 0 aliphatic rings. The standard InChI is InChI=1S/C23H46NO4.ClH/c1-6-7-8-9-10-11-12-13-14-15-16-17-22(28-21(2)25)20-23(26)27-19-18-24(3,4)5;/h22H,6-20H2,1-5H3;1H/q+1;/p-1/t22-;/m0./s1. The highest BCUT2D eigenvalue weighted by atomic mass is 35.5. The van der Waals surface area contributed by atoms with Crippen molar-refractivity contribution in [1.82, 2.24) is 0 Å². The van der Waals surface area contributed by atoms with Crippen LogP contribution in [-0.2, 0) is 19.1 Å². The number of carbonyl (C=O) groups excluding carboxylic acids is 2. The van der Waals surface area contributed by atoms with E-state index >= 15 is 0 Å². The van der Waals surface area contributed by atoms with Gasteiger partial charge < -0.3 is 26.4 Å². The van der Waals surface area contributed by atoms with Crippen LogP contribution >= 0.6 is 0 Å². The highest BCUT2D eigenvalue weighted by molar-refractivity contribution is 5.71. The molecule has 0 unspecified atom stereocenters. The number of unbranched alkanes of at least 4 members (excludes halogenated alkanes) is 10. The Morgan fingerprint density at radius 3 is 1.76 bits per heavy atom. The first-order valence-corrected chi connectivity index (χ1v) is 11.4. The maximum Gasteiger partial charge on any atom is 0.309 e. The fourth-order valence-corrected chi connectivity index (χ4v) is 3.15. The number of nitrogens with zero attached hydrogens (tertiary/aromatic N) is 1. The predicted octanol–water partition coefficient (Wildman–Crippen LogP) is 2.26. The van der Waals surface area contributed by atoms with Crippen LogP contribution in [-0.4, -0.2) is 56.8 Å². The van der Waals surface area contributed by atoms with E-state index in [0.717, 1.165) is 30.3 Å². The van der Waals surface area contributed by atoms with Crippen LogP contribution in [0.2, 0.25) is 0 Å². The summed E-state index contributed by atoms with van der Waals surface area (Å²) in [6.45, 7) is 4.81. The smallest absolute Gasteiger partial charge is 0.309 e. The predicted molar refractivity (Wildman–Crippen MR) is 115 cm³/mol. The molecule has 5 nitrogen and oxygen atoms in total. The Morgan fingerprint density at radius 1 is 0.828 bits per heavy atom. The summed E-state index contributed by atoms with van der Waals surface area (Å²) in [4.78, 5) is 23.3. The number of likely N-dealkylation sites (N-methyl/N-ethyl adjacent to an activating group) is 1. The lowest BCUT2D eigenvalue weighted by Crippen LogP contribution is -3.00. The molecule has 0 bridgehead atoms. The van der Waals surface area contributed by atoms with Crippen LogP contribution in [0.15, 0.2) is 0 Å². The SMILES string of the molecule is CCCCCCCCCCCCC[C@@H](CC(=O)OCC[N+](C)(C)C)OC(C)=O.[Cl-]. The van der Waals surface area contributed by atoms with Gasteiger partial charge in [0.2, 0.25) is 0 Å². The zero-order valence-electron chi connectivity index (χ0n) is 19.6. The number of rotatable bonds is 18. The van der Waals surface area contributed by atoms with Gasteiger partial charge >= 0.3 is 11.9 Å². The molecule has 0 rings (SSSR count). The second-order valence-corrected chi connectivity index (χ2v) is 8.99. The summed E-state index contributed by atoms with van der Waals surface area (Å²) >= 11 is 0. The van der Waals surface area contributed by atoms with E-state index in [-0.39, 0.29) is 36.9 Å². The summed E-state index contributed by atoms with van der Waals surface area (Å²) in [6.07, 6.45) is 14.6. The van der Waals surface area contributed by atoms with E-state index in [1.54, 1.807) is 0 Å². The molecule has 0 spiro atoms. The monoisotopic (exact) mass is 435 g/mol. The number of hydrogen-bond donors (Lipinski definition) is 0. The van der Waals surface area contributed by atoms with Crippen molar-refractivity contribution in [2.75, 3.05) is 34.3 Å². The van der Waals surface area contributed by atoms with Crippen LogP contribution in [0.25, 0.3) is 0 Å². The highest BCUT2D eigenvalue weighted by Gasteiger charge is 2.18.